The summed E-state index contributed by atoms with van der Waals surface area (Å²) in [5.41, 5.74) is 0.897. The molecule has 0 aliphatic rings. The SMILES string of the molecule is CCC(=O)Nc1cc(N(CC)CC)ccc1N=Nc1c(C#N)cc([N+](=O)[O-])cc1C#N. The molecule has 0 aliphatic carbocycles. The molecule has 0 unspecified atom stereocenters. The number of nitrogens with one attached hydrogen (secondary N) is 1. The minimum atomic E-state index is -0.688. The summed E-state index contributed by atoms with van der Waals surface area (Å²) in [6, 6.07) is 11.0. The fourth-order valence-corrected chi connectivity index (χ4v) is 2.84. The van der Waals surface area contributed by atoms with Crippen LogP contribution in [-0.2, 0) is 4.79 Å². The maximum Gasteiger partial charge on any atom is 0.272 e. The van der Waals surface area contributed by atoms with Crippen LogP contribution in [0.4, 0.5) is 28.4 Å². The van der Waals surface area contributed by atoms with Gasteiger partial charge in [-0.2, -0.15) is 10.5 Å². The normalized spacial score (nSPS) is 10.4. The van der Waals surface area contributed by atoms with Gasteiger partial charge in [0.1, 0.15) is 23.5 Å². The molecule has 2 aromatic rings. The zero-order valence-electron chi connectivity index (χ0n) is 17.4. The molecular weight excluding hydrogens is 398 g/mol. The van der Waals surface area contributed by atoms with Crippen molar-refractivity contribution in [3.8, 4) is 12.1 Å². The molecule has 0 saturated heterocycles. The van der Waals surface area contributed by atoms with Crippen LogP contribution in [-0.4, -0.2) is 23.9 Å². The highest BCUT2D eigenvalue weighted by molar-refractivity contribution is 5.94. The van der Waals surface area contributed by atoms with Crippen molar-refractivity contribution in [2.24, 2.45) is 10.2 Å². The van der Waals surface area contributed by atoms with Crippen molar-refractivity contribution in [3.05, 3.63) is 51.6 Å². The predicted molar refractivity (Wildman–Crippen MR) is 116 cm³/mol. The van der Waals surface area contributed by atoms with Crippen LogP contribution in [0.2, 0.25) is 0 Å². The molecule has 10 nitrogen and oxygen atoms in total. The second-order valence-corrected chi connectivity index (χ2v) is 6.35. The molecule has 0 bridgehead atoms. The van der Waals surface area contributed by atoms with E-state index >= 15 is 0 Å². The Hall–Kier alpha value is -4.31. The summed E-state index contributed by atoms with van der Waals surface area (Å²) in [5, 5.41) is 40.7. The van der Waals surface area contributed by atoms with Gasteiger partial charge in [-0.25, -0.2) is 0 Å². The number of rotatable bonds is 8. The number of azo groups is 1. The van der Waals surface area contributed by atoms with Gasteiger partial charge in [0, 0.05) is 37.3 Å². The van der Waals surface area contributed by atoms with Crippen LogP contribution in [0.15, 0.2) is 40.6 Å². The van der Waals surface area contributed by atoms with Crippen LogP contribution in [0.1, 0.15) is 38.3 Å². The van der Waals surface area contributed by atoms with E-state index in [-0.39, 0.29) is 34.8 Å². The highest BCUT2D eigenvalue weighted by Gasteiger charge is 2.17. The molecule has 0 aliphatic heterocycles. The van der Waals surface area contributed by atoms with Crippen molar-refractivity contribution < 1.29 is 9.72 Å². The average molecular weight is 419 g/mol. The molecule has 0 aromatic heterocycles. The van der Waals surface area contributed by atoms with Gasteiger partial charge in [-0.05, 0) is 32.0 Å². The van der Waals surface area contributed by atoms with Crippen LogP contribution < -0.4 is 10.2 Å². The van der Waals surface area contributed by atoms with Gasteiger partial charge in [-0.1, -0.05) is 6.92 Å². The molecule has 2 aromatic carbocycles. The Balaban J connectivity index is 2.57. The number of benzene rings is 2. The number of hydrogen-bond acceptors (Lipinski definition) is 8. The van der Waals surface area contributed by atoms with E-state index in [1.807, 2.05) is 32.1 Å². The second-order valence-electron chi connectivity index (χ2n) is 6.35. The quantitative estimate of drug-likeness (QED) is 0.363. The van der Waals surface area contributed by atoms with Crippen molar-refractivity contribution >= 4 is 34.3 Å². The summed E-state index contributed by atoms with van der Waals surface area (Å²) < 4.78 is 0. The predicted octanol–water partition coefficient (Wildman–Crippen LogP) is 4.95. The Morgan fingerprint density at radius 3 is 2.19 bits per heavy atom. The summed E-state index contributed by atoms with van der Waals surface area (Å²) in [5.74, 6) is -0.209. The van der Waals surface area contributed by atoms with Gasteiger partial charge in [0.15, 0.2) is 0 Å². The number of anilines is 2. The first-order valence-electron chi connectivity index (χ1n) is 9.61. The number of amides is 1. The largest absolute Gasteiger partial charge is 0.372 e. The first kappa shape index (κ1) is 23.0. The van der Waals surface area contributed by atoms with Gasteiger partial charge < -0.3 is 10.2 Å². The highest BCUT2D eigenvalue weighted by atomic mass is 16.6. The minimum absolute atomic E-state index is 0.0730. The third-order valence-electron chi connectivity index (χ3n) is 4.51. The van der Waals surface area contributed by atoms with Gasteiger partial charge in [0.05, 0.1) is 21.7 Å². The Morgan fingerprint density at radius 2 is 1.71 bits per heavy atom. The third-order valence-corrected chi connectivity index (χ3v) is 4.51. The standard InChI is InChI=1S/C21H21N7O3/c1-4-20(29)24-19-11-16(27(5-2)6-3)7-8-18(19)25-26-21-14(12-22)9-17(28(30)31)10-15(21)13-23/h7-11H,4-6H2,1-3H3,(H,24,29). The second kappa shape index (κ2) is 10.5. The van der Waals surface area contributed by atoms with Crippen molar-refractivity contribution in [1.29, 1.82) is 10.5 Å². The summed E-state index contributed by atoms with van der Waals surface area (Å²) >= 11 is 0. The number of carbonyl (C=O) groups excluding carboxylic acids is 1. The van der Waals surface area contributed by atoms with Crippen LogP contribution in [0.5, 0.6) is 0 Å². The lowest BCUT2D eigenvalue weighted by Crippen LogP contribution is -2.22. The van der Waals surface area contributed by atoms with Crippen LogP contribution in [0.3, 0.4) is 0 Å². The topological polar surface area (TPSA) is 148 Å². The van der Waals surface area contributed by atoms with Gasteiger partial charge >= 0.3 is 0 Å². The zero-order chi connectivity index (χ0) is 23.0. The number of nitrogens with zero attached hydrogens (tertiary/aromatic N) is 6. The number of hydrogen-bond donors (Lipinski definition) is 1. The van der Waals surface area contributed by atoms with Crippen LogP contribution in [0.25, 0.3) is 0 Å². The fraction of sp³-hybridized carbons (Fsp3) is 0.286. The molecule has 1 N–H and O–H groups in total. The molecule has 10 heteroatoms. The van der Waals surface area contributed by atoms with E-state index in [0.717, 1.165) is 30.9 Å². The lowest BCUT2D eigenvalue weighted by molar-refractivity contribution is -0.384. The molecule has 0 atom stereocenters. The maximum atomic E-state index is 12.0. The van der Waals surface area contributed by atoms with E-state index in [1.165, 1.54) is 0 Å². The summed E-state index contributed by atoms with van der Waals surface area (Å²) in [4.78, 5) is 24.4. The molecule has 0 spiro atoms. The van der Waals surface area contributed by atoms with Crippen molar-refractivity contribution in [1.82, 2.24) is 0 Å². The maximum absolute atomic E-state index is 12.0. The van der Waals surface area contributed by atoms with E-state index < -0.39 is 4.92 Å². The van der Waals surface area contributed by atoms with Crippen molar-refractivity contribution in [2.75, 3.05) is 23.3 Å². The van der Waals surface area contributed by atoms with E-state index in [0.29, 0.717) is 11.4 Å². The third kappa shape index (κ3) is 5.40. The molecule has 0 radical (unpaired) electrons. The van der Waals surface area contributed by atoms with Gasteiger partial charge in [-0.15, -0.1) is 10.2 Å². The van der Waals surface area contributed by atoms with Crippen molar-refractivity contribution in [2.45, 2.75) is 27.2 Å². The Morgan fingerprint density at radius 1 is 1.10 bits per heavy atom. The van der Waals surface area contributed by atoms with Crippen LogP contribution >= 0.6 is 0 Å². The van der Waals surface area contributed by atoms with E-state index in [2.05, 4.69) is 20.4 Å². The zero-order valence-corrected chi connectivity index (χ0v) is 17.4. The van der Waals surface area contributed by atoms with Crippen LogP contribution in [0, 0.1) is 32.8 Å². The summed E-state index contributed by atoms with van der Waals surface area (Å²) in [6.45, 7) is 7.31. The van der Waals surface area contributed by atoms with E-state index in [1.54, 1.807) is 19.1 Å². The fourth-order valence-electron chi connectivity index (χ4n) is 2.84. The lowest BCUT2D eigenvalue weighted by atomic mass is 10.1. The number of non-ortho nitro benzene ring substituents is 1. The molecule has 0 saturated carbocycles. The molecule has 1 amide bonds. The molecule has 158 valence electrons. The van der Waals surface area contributed by atoms with Crippen molar-refractivity contribution in [3.63, 3.8) is 0 Å². The summed E-state index contributed by atoms with van der Waals surface area (Å²) in [7, 11) is 0. The molecule has 0 fully saturated rings. The monoisotopic (exact) mass is 419 g/mol. The summed E-state index contributed by atoms with van der Waals surface area (Å²) in [6.07, 6.45) is 0.269. The van der Waals surface area contributed by atoms with E-state index in [9.17, 15) is 25.4 Å². The lowest BCUT2D eigenvalue weighted by Gasteiger charge is -2.22. The smallest absolute Gasteiger partial charge is 0.272 e. The number of nitro benzene ring substituents is 1. The number of carbonyl (C=O) groups is 1. The van der Waals surface area contributed by atoms with E-state index in [4.69, 9.17) is 0 Å². The average Bonchev–Trinajstić information content (AvgIpc) is 2.78. The molecule has 2 rings (SSSR count). The first-order valence-corrected chi connectivity index (χ1v) is 9.61. The molecule has 0 heterocycles. The molecular formula is C21H21N7O3. The first-order chi connectivity index (χ1) is 14.9. The Labute approximate surface area is 179 Å². The Kier molecular flexibility index (Phi) is 7.75. The Bertz CT molecular complexity index is 1070. The number of nitro groups is 1. The number of nitriles is 2. The van der Waals surface area contributed by atoms with Gasteiger partial charge in [0.25, 0.3) is 5.69 Å². The highest BCUT2D eigenvalue weighted by Crippen LogP contribution is 2.34. The van der Waals surface area contributed by atoms with Gasteiger partial charge in [-0.3, -0.25) is 14.9 Å². The molecule has 31 heavy (non-hydrogen) atoms. The van der Waals surface area contributed by atoms with Gasteiger partial charge in [0.2, 0.25) is 5.91 Å². The minimum Gasteiger partial charge on any atom is -0.372 e.